The van der Waals surface area contributed by atoms with Gasteiger partial charge in [-0.25, -0.2) is 0 Å². The van der Waals surface area contributed by atoms with Crippen molar-refractivity contribution in [2.45, 2.75) is 26.5 Å². The fraction of sp³-hybridized carbons (Fsp3) is 1.00. The number of hydrogen-bond donors (Lipinski definition) is 0. The van der Waals surface area contributed by atoms with Crippen molar-refractivity contribution in [3.63, 3.8) is 0 Å². The summed E-state index contributed by atoms with van der Waals surface area (Å²) in [4.78, 5) is 0. The number of halogens is 1. The normalized spacial score (nSPS) is 11.0. The highest BCUT2D eigenvalue weighted by Gasteiger charge is 2.24. The zero-order valence-electron chi connectivity index (χ0n) is 7.83. The van der Waals surface area contributed by atoms with E-state index in [1.54, 1.807) is 0 Å². The van der Waals surface area contributed by atoms with Crippen LogP contribution in [0.5, 0.6) is 0 Å². The molecule has 0 heterocycles. The van der Waals surface area contributed by atoms with Crippen molar-refractivity contribution in [3.05, 3.63) is 0 Å². The fourth-order valence-corrected chi connectivity index (χ4v) is 1.23. The number of rotatable bonds is 6. The van der Waals surface area contributed by atoms with Crippen molar-refractivity contribution in [1.82, 2.24) is 0 Å². The molecule has 76 valence electrons. The van der Waals surface area contributed by atoms with Crippen molar-refractivity contribution >= 4 is 26.2 Å². The standard InChI is InChI=1S/C7H17O3P.BrH/c1-4-8-7(11,9-5-2)10-6-3;/h4-6,11H2,1-3H3;1H. The average molecular weight is 261 g/mol. The van der Waals surface area contributed by atoms with Gasteiger partial charge in [-0.05, 0) is 30.0 Å². The van der Waals surface area contributed by atoms with Gasteiger partial charge in [0.15, 0.2) is 0 Å². The van der Waals surface area contributed by atoms with E-state index in [9.17, 15) is 0 Å². The van der Waals surface area contributed by atoms with Crippen LogP contribution in [0.4, 0.5) is 0 Å². The molecule has 0 rings (SSSR count). The van der Waals surface area contributed by atoms with Crippen LogP contribution in [-0.2, 0) is 14.2 Å². The van der Waals surface area contributed by atoms with Gasteiger partial charge in [-0.3, -0.25) is 0 Å². The summed E-state index contributed by atoms with van der Waals surface area (Å²) in [5.74, 6) is 0. The third-order valence-corrected chi connectivity index (χ3v) is 1.54. The lowest BCUT2D eigenvalue weighted by Gasteiger charge is -2.27. The summed E-state index contributed by atoms with van der Waals surface area (Å²) < 4.78 is 15.7. The first-order chi connectivity index (χ1) is 5.18. The van der Waals surface area contributed by atoms with Gasteiger partial charge in [-0.2, -0.15) is 0 Å². The van der Waals surface area contributed by atoms with E-state index >= 15 is 0 Å². The summed E-state index contributed by atoms with van der Waals surface area (Å²) >= 11 is 0. The maximum Gasteiger partial charge on any atom is 0.295 e. The van der Waals surface area contributed by atoms with Crippen LogP contribution in [0.3, 0.4) is 0 Å². The molecule has 0 saturated carbocycles. The van der Waals surface area contributed by atoms with Gasteiger partial charge in [0.2, 0.25) is 0 Å². The third-order valence-electron chi connectivity index (χ3n) is 1.04. The lowest BCUT2D eigenvalue weighted by Crippen LogP contribution is -2.32. The first-order valence-corrected chi connectivity index (χ1v) is 4.47. The van der Waals surface area contributed by atoms with E-state index in [-0.39, 0.29) is 17.0 Å². The zero-order valence-corrected chi connectivity index (χ0v) is 10.7. The molecule has 0 aliphatic heterocycles. The fourth-order valence-electron chi connectivity index (χ4n) is 0.729. The van der Waals surface area contributed by atoms with Crippen LogP contribution in [0, 0.1) is 0 Å². The Labute approximate surface area is 87.1 Å². The molecule has 0 aromatic carbocycles. The highest BCUT2D eigenvalue weighted by atomic mass is 79.9. The summed E-state index contributed by atoms with van der Waals surface area (Å²) in [6, 6.07) is 0. The number of ether oxygens (including phenoxy) is 3. The van der Waals surface area contributed by atoms with Gasteiger partial charge in [0.05, 0.1) is 0 Å². The minimum absolute atomic E-state index is 0. The molecule has 0 aliphatic carbocycles. The minimum atomic E-state index is -0.932. The van der Waals surface area contributed by atoms with Gasteiger partial charge >= 0.3 is 0 Å². The van der Waals surface area contributed by atoms with Gasteiger partial charge in [0, 0.05) is 19.8 Å². The topological polar surface area (TPSA) is 27.7 Å². The summed E-state index contributed by atoms with van der Waals surface area (Å²) in [6.07, 6.45) is 0. The molecule has 0 N–H and O–H groups in total. The first kappa shape index (κ1) is 15.3. The summed E-state index contributed by atoms with van der Waals surface area (Å²) in [5, 5.41) is 0. The van der Waals surface area contributed by atoms with Crippen LogP contribution >= 0.6 is 26.2 Å². The van der Waals surface area contributed by atoms with Gasteiger partial charge in [-0.15, -0.1) is 17.0 Å². The van der Waals surface area contributed by atoms with Gasteiger partial charge < -0.3 is 14.2 Å². The lowest BCUT2D eigenvalue weighted by molar-refractivity contribution is -0.314. The van der Waals surface area contributed by atoms with Crippen molar-refractivity contribution in [3.8, 4) is 0 Å². The predicted molar refractivity (Wildman–Crippen MR) is 57.6 cm³/mol. The molecule has 0 fully saturated rings. The van der Waals surface area contributed by atoms with E-state index in [1.807, 2.05) is 20.8 Å². The molecule has 12 heavy (non-hydrogen) atoms. The Hall–Kier alpha value is 0.790. The average Bonchev–Trinajstić information content (AvgIpc) is 1.88. The highest BCUT2D eigenvalue weighted by Crippen LogP contribution is 2.23. The van der Waals surface area contributed by atoms with Crippen molar-refractivity contribution < 1.29 is 14.2 Å². The smallest absolute Gasteiger partial charge is 0.295 e. The van der Waals surface area contributed by atoms with E-state index in [1.165, 1.54) is 0 Å². The second-order valence-corrected chi connectivity index (χ2v) is 2.61. The molecule has 0 aromatic rings. The van der Waals surface area contributed by atoms with E-state index in [4.69, 9.17) is 14.2 Å². The van der Waals surface area contributed by atoms with E-state index in [0.717, 1.165) is 0 Å². The van der Waals surface area contributed by atoms with Crippen LogP contribution in [0.15, 0.2) is 0 Å². The molecule has 0 spiro atoms. The van der Waals surface area contributed by atoms with Crippen LogP contribution in [0.2, 0.25) is 0 Å². The largest absolute Gasteiger partial charge is 0.325 e. The minimum Gasteiger partial charge on any atom is -0.325 e. The molecule has 1 atom stereocenters. The molecule has 0 aliphatic rings. The Morgan fingerprint density at radius 3 is 1.33 bits per heavy atom. The second-order valence-electron chi connectivity index (χ2n) is 1.90. The Morgan fingerprint density at radius 2 is 1.17 bits per heavy atom. The molecule has 0 saturated heterocycles. The SMILES string of the molecule is Br.CCOC(P)(OCC)OCC. The molecule has 5 heteroatoms. The van der Waals surface area contributed by atoms with Crippen LogP contribution < -0.4 is 0 Å². The van der Waals surface area contributed by atoms with E-state index in [2.05, 4.69) is 9.24 Å². The maximum atomic E-state index is 5.23. The van der Waals surface area contributed by atoms with Crippen molar-refractivity contribution in [2.75, 3.05) is 19.8 Å². The summed E-state index contributed by atoms with van der Waals surface area (Å²) in [7, 11) is 2.41. The Morgan fingerprint density at radius 1 is 0.917 bits per heavy atom. The van der Waals surface area contributed by atoms with Crippen LogP contribution in [0.25, 0.3) is 0 Å². The molecule has 0 bridgehead atoms. The summed E-state index contributed by atoms with van der Waals surface area (Å²) in [6.45, 7) is 7.42. The lowest BCUT2D eigenvalue weighted by atomic mass is 10.8. The van der Waals surface area contributed by atoms with Crippen LogP contribution in [0.1, 0.15) is 20.8 Å². The Bertz CT molecular complexity index is 85.6. The van der Waals surface area contributed by atoms with E-state index in [0.29, 0.717) is 19.8 Å². The molecule has 0 aromatic heterocycles. The summed E-state index contributed by atoms with van der Waals surface area (Å²) in [5.41, 5.74) is -0.932. The number of hydrogen-bond acceptors (Lipinski definition) is 3. The highest BCUT2D eigenvalue weighted by molar-refractivity contribution is 8.93. The monoisotopic (exact) mass is 260 g/mol. The molecular weight excluding hydrogens is 243 g/mol. The Kier molecular flexibility index (Phi) is 10.7. The maximum absolute atomic E-state index is 5.23. The van der Waals surface area contributed by atoms with Gasteiger partial charge in [0.25, 0.3) is 5.71 Å². The van der Waals surface area contributed by atoms with E-state index < -0.39 is 5.71 Å². The molecule has 0 amide bonds. The molecule has 1 unspecified atom stereocenters. The first-order valence-electron chi connectivity index (χ1n) is 3.89. The quantitative estimate of drug-likeness (QED) is 0.541. The molecule has 0 radical (unpaired) electrons. The Balaban J connectivity index is 0. The third kappa shape index (κ3) is 6.32. The second kappa shape index (κ2) is 8.39. The van der Waals surface area contributed by atoms with Crippen molar-refractivity contribution in [2.24, 2.45) is 0 Å². The van der Waals surface area contributed by atoms with Gasteiger partial charge in [-0.1, -0.05) is 0 Å². The van der Waals surface area contributed by atoms with Crippen molar-refractivity contribution in [1.29, 1.82) is 0 Å². The molecular formula is C7H18BrO3P. The zero-order chi connectivity index (χ0) is 8.74. The predicted octanol–water partition coefficient (Wildman–Crippen LogP) is 2.16. The van der Waals surface area contributed by atoms with Gasteiger partial charge in [0.1, 0.15) is 0 Å². The van der Waals surface area contributed by atoms with Crippen LogP contribution in [-0.4, -0.2) is 25.5 Å². The molecule has 3 nitrogen and oxygen atoms in total.